The Morgan fingerprint density at radius 2 is 1.61 bits per heavy atom. The Hall–Kier alpha value is -3.13. The molecule has 0 bridgehead atoms. The van der Waals surface area contributed by atoms with Crippen molar-refractivity contribution in [1.29, 1.82) is 5.26 Å². The van der Waals surface area contributed by atoms with E-state index in [4.69, 9.17) is 5.26 Å². The number of aryl methyl sites for hydroxylation is 2. The number of nitriles is 1. The number of nitrogens with one attached hydrogen (secondary N) is 2. The summed E-state index contributed by atoms with van der Waals surface area (Å²) in [6.07, 6.45) is -0.313. The third-order valence-electron chi connectivity index (χ3n) is 3.15. The quantitative estimate of drug-likeness (QED) is 0.851. The minimum absolute atomic E-state index is 0.313. The number of anilines is 2. The summed E-state index contributed by atoms with van der Waals surface area (Å²) in [5, 5.41) is 14.3. The van der Waals surface area contributed by atoms with Crippen molar-refractivity contribution in [3.63, 3.8) is 0 Å². The first-order chi connectivity index (χ1) is 11.0. The van der Waals surface area contributed by atoms with Gasteiger partial charge in [-0.1, -0.05) is 18.2 Å². The third kappa shape index (κ3) is 4.68. The monoisotopic (exact) mass is 307 g/mol. The van der Waals surface area contributed by atoms with E-state index in [1.807, 2.05) is 38.1 Å². The smallest absolute Gasteiger partial charge is 0.233 e. The van der Waals surface area contributed by atoms with Crippen LogP contribution in [0.4, 0.5) is 11.4 Å². The number of rotatable bonds is 4. The molecule has 0 aromatic heterocycles. The topological polar surface area (TPSA) is 82.0 Å². The Morgan fingerprint density at radius 3 is 2.26 bits per heavy atom. The van der Waals surface area contributed by atoms with E-state index in [0.29, 0.717) is 16.9 Å². The second-order valence-corrected chi connectivity index (χ2v) is 5.31. The SMILES string of the molecule is Cc1cc(C)cc(NC(=O)CC(=O)Nc2ccccc2C#N)c1. The maximum atomic E-state index is 12.0. The van der Waals surface area contributed by atoms with Crippen molar-refractivity contribution in [2.24, 2.45) is 0 Å². The van der Waals surface area contributed by atoms with Gasteiger partial charge in [-0.2, -0.15) is 5.26 Å². The van der Waals surface area contributed by atoms with Crippen LogP contribution in [-0.4, -0.2) is 11.8 Å². The van der Waals surface area contributed by atoms with Gasteiger partial charge in [0.05, 0.1) is 11.3 Å². The van der Waals surface area contributed by atoms with Crippen LogP contribution in [0.5, 0.6) is 0 Å². The van der Waals surface area contributed by atoms with E-state index in [0.717, 1.165) is 11.1 Å². The highest BCUT2D eigenvalue weighted by Gasteiger charge is 2.12. The summed E-state index contributed by atoms with van der Waals surface area (Å²) < 4.78 is 0. The second-order valence-electron chi connectivity index (χ2n) is 5.31. The number of hydrogen-bond acceptors (Lipinski definition) is 3. The van der Waals surface area contributed by atoms with Gasteiger partial charge in [-0.25, -0.2) is 0 Å². The number of amides is 2. The van der Waals surface area contributed by atoms with Crippen LogP contribution < -0.4 is 10.6 Å². The van der Waals surface area contributed by atoms with Crippen molar-refractivity contribution >= 4 is 23.2 Å². The van der Waals surface area contributed by atoms with Gasteiger partial charge in [0.25, 0.3) is 0 Å². The van der Waals surface area contributed by atoms with E-state index in [1.165, 1.54) is 0 Å². The molecule has 0 aliphatic rings. The van der Waals surface area contributed by atoms with E-state index in [9.17, 15) is 9.59 Å². The van der Waals surface area contributed by atoms with Crippen LogP contribution in [-0.2, 0) is 9.59 Å². The van der Waals surface area contributed by atoms with Crippen molar-refractivity contribution in [3.05, 3.63) is 59.2 Å². The maximum Gasteiger partial charge on any atom is 0.233 e. The summed E-state index contributed by atoms with van der Waals surface area (Å²) in [5.74, 6) is -0.864. The Morgan fingerprint density at radius 1 is 1.00 bits per heavy atom. The van der Waals surface area contributed by atoms with Crippen molar-refractivity contribution in [2.45, 2.75) is 20.3 Å². The normalized spacial score (nSPS) is 9.78. The van der Waals surface area contributed by atoms with Gasteiger partial charge in [0.1, 0.15) is 12.5 Å². The fraction of sp³-hybridized carbons (Fsp3) is 0.167. The average Bonchev–Trinajstić information content (AvgIpc) is 2.46. The molecule has 0 aliphatic heterocycles. The lowest BCUT2D eigenvalue weighted by molar-refractivity contribution is -0.123. The van der Waals surface area contributed by atoms with Gasteiger partial charge in [-0.3, -0.25) is 9.59 Å². The van der Waals surface area contributed by atoms with Crippen molar-refractivity contribution in [1.82, 2.24) is 0 Å². The van der Waals surface area contributed by atoms with Crippen molar-refractivity contribution in [3.8, 4) is 6.07 Å². The minimum Gasteiger partial charge on any atom is -0.326 e. The highest BCUT2D eigenvalue weighted by atomic mass is 16.2. The highest BCUT2D eigenvalue weighted by molar-refractivity contribution is 6.08. The zero-order chi connectivity index (χ0) is 16.8. The molecule has 2 amide bonds. The second kappa shape index (κ2) is 7.23. The van der Waals surface area contributed by atoms with E-state index >= 15 is 0 Å². The van der Waals surface area contributed by atoms with Crippen LogP contribution in [0.3, 0.4) is 0 Å². The van der Waals surface area contributed by atoms with E-state index in [1.54, 1.807) is 24.3 Å². The van der Waals surface area contributed by atoms with Crippen molar-refractivity contribution in [2.75, 3.05) is 10.6 Å². The highest BCUT2D eigenvalue weighted by Crippen LogP contribution is 2.15. The molecule has 2 aromatic carbocycles. The van der Waals surface area contributed by atoms with Gasteiger partial charge in [0, 0.05) is 5.69 Å². The molecule has 0 atom stereocenters. The molecular weight excluding hydrogens is 290 g/mol. The molecule has 5 nitrogen and oxygen atoms in total. The molecule has 0 unspecified atom stereocenters. The Labute approximate surface area is 134 Å². The molecule has 0 spiro atoms. The molecule has 0 heterocycles. The Kier molecular flexibility index (Phi) is 5.11. The summed E-state index contributed by atoms with van der Waals surface area (Å²) >= 11 is 0. The van der Waals surface area contributed by atoms with Crippen LogP contribution in [0, 0.1) is 25.2 Å². The molecule has 5 heteroatoms. The molecule has 23 heavy (non-hydrogen) atoms. The van der Waals surface area contributed by atoms with Gasteiger partial charge < -0.3 is 10.6 Å². The predicted molar refractivity (Wildman–Crippen MR) is 88.9 cm³/mol. The zero-order valence-electron chi connectivity index (χ0n) is 13.0. The number of carbonyl (C=O) groups excluding carboxylic acids is 2. The molecule has 2 aromatic rings. The lowest BCUT2D eigenvalue weighted by Crippen LogP contribution is -2.21. The number of nitrogens with zero attached hydrogens (tertiary/aromatic N) is 1. The van der Waals surface area contributed by atoms with Crippen LogP contribution in [0.1, 0.15) is 23.1 Å². The first kappa shape index (κ1) is 16.2. The van der Waals surface area contributed by atoms with Gasteiger partial charge in [-0.15, -0.1) is 0 Å². The van der Waals surface area contributed by atoms with Gasteiger partial charge in [0.2, 0.25) is 11.8 Å². The average molecular weight is 307 g/mol. The molecule has 0 saturated carbocycles. The van der Waals surface area contributed by atoms with E-state index in [-0.39, 0.29) is 6.42 Å². The summed E-state index contributed by atoms with van der Waals surface area (Å²) in [6, 6.07) is 14.3. The lowest BCUT2D eigenvalue weighted by atomic mass is 10.1. The summed E-state index contributed by atoms with van der Waals surface area (Å²) in [7, 11) is 0. The number of benzene rings is 2. The van der Waals surface area contributed by atoms with Crippen LogP contribution in [0.15, 0.2) is 42.5 Å². The molecule has 2 rings (SSSR count). The third-order valence-corrected chi connectivity index (χ3v) is 3.15. The van der Waals surface area contributed by atoms with Crippen molar-refractivity contribution < 1.29 is 9.59 Å². The van der Waals surface area contributed by atoms with Gasteiger partial charge >= 0.3 is 0 Å². The predicted octanol–water partition coefficient (Wildman–Crippen LogP) is 3.14. The summed E-state index contributed by atoms with van der Waals surface area (Å²) in [6.45, 7) is 3.88. The van der Waals surface area contributed by atoms with Gasteiger partial charge in [0.15, 0.2) is 0 Å². The molecule has 0 saturated heterocycles. The first-order valence-corrected chi connectivity index (χ1v) is 7.15. The number of hydrogen-bond donors (Lipinski definition) is 2. The summed E-state index contributed by atoms with van der Waals surface area (Å²) in [4.78, 5) is 23.9. The Bertz CT molecular complexity index is 771. The largest absolute Gasteiger partial charge is 0.326 e. The van der Waals surface area contributed by atoms with Crippen LogP contribution >= 0.6 is 0 Å². The molecule has 0 fully saturated rings. The Balaban J connectivity index is 1.97. The van der Waals surface area contributed by atoms with E-state index < -0.39 is 11.8 Å². The van der Waals surface area contributed by atoms with Gasteiger partial charge in [-0.05, 0) is 49.2 Å². The lowest BCUT2D eigenvalue weighted by Gasteiger charge is -2.09. The molecule has 0 radical (unpaired) electrons. The molecule has 2 N–H and O–H groups in total. The molecule has 0 aliphatic carbocycles. The number of para-hydroxylation sites is 1. The van der Waals surface area contributed by atoms with Crippen LogP contribution in [0.2, 0.25) is 0 Å². The minimum atomic E-state index is -0.463. The standard InChI is InChI=1S/C18H17N3O2/c1-12-7-13(2)9-15(8-12)20-17(22)10-18(23)21-16-6-4-3-5-14(16)11-19/h3-9H,10H2,1-2H3,(H,20,22)(H,21,23). The van der Waals surface area contributed by atoms with Crippen LogP contribution in [0.25, 0.3) is 0 Å². The zero-order valence-corrected chi connectivity index (χ0v) is 13.0. The fourth-order valence-corrected chi connectivity index (χ4v) is 2.28. The van der Waals surface area contributed by atoms with E-state index in [2.05, 4.69) is 10.6 Å². The number of carbonyl (C=O) groups is 2. The molecular formula is C18H17N3O2. The summed E-state index contributed by atoms with van der Waals surface area (Å²) in [5.41, 5.74) is 3.49. The maximum absolute atomic E-state index is 12.0. The first-order valence-electron chi connectivity index (χ1n) is 7.15. The fourth-order valence-electron chi connectivity index (χ4n) is 2.28. The molecule has 116 valence electrons.